The zero-order valence-electron chi connectivity index (χ0n) is 8.98. The standard InChI is InChI=1S/C13H13NO2/c1-2-10-3-5-11(6-4-10)9-14-12(15)7-8-13(14)16/h2-6H,1,7-9H2. The zero-order chi connectivity index (χ0) is 11.5. The maximum atomic E-state index is 11.4. The third-order valence-electron chi connectivity index (χ3n) is 2.71. The molecular weight excluding hydrogens is 202 g/mol. The average molecular weight is 215 g/mol. The highest BCUT2D eigenvalue weighted by Gasteiger charge is 2.28. The van der Waals surface area contributed by atoms with Gasteiger partial charge in [-0.05, 0) is 11.1 Å². The summed E-state index contributed by atoms with van der Waals surface area (Å²) >= 11 is 0. The smallest absolute Gasteiger partial charge is 0.229 e. The summed E-state index contributed by atoms with van der Waals surface area (Å²) < 4.78 is 0. The third kappa shape index (κ3) is 2.03. The minimum absolute atomic E-state index is 0.0715. The van der Waals surface area contributed by atoms with Crippen molar-refractivity contribution in [2.75, 3.05) is 0 Å². The summed E-state index contributed by atoms with van der Waals surface area (Å²) in [5.74, 6) is -0.143. The van der Waals surface area contributed by atoms with Crippen LogP contribution in [0.25, 0.3) is 6.08 Å². The normalized spacial score (nSPS) is 15.6. The second-order valence-electron chi connectivity index (χ2n) is 3.82. The predicted octanol–water partition coefficient (Wildman–Crippen LogP) is 1.98. The predicted molar refractivity (Wildman–Crippen MR) is 61.3 cm³/mol. The van der Waals surface area contributed by atoms with E-state index in [4.69, 9.17) is 0 Å². The molecule has 0 atom stereocenters. The van der Waals surface area contributed by atoms with Gasteiger partial charge < -0.3 is 0 Å². The lowest BCUT2D eigenvalue weighted by Crippen LogP contribution is -2.28. The first kappa shape index (κ1) is 10.6. The van der Waals surface area contributed by atoms with Gasteiger partial charge in [-0.25, -0.2) is 0 Å². The maximum Gasteiger partial charge on any atom is 0.229 e. The number of carbonyl (C=O) groups excluding carboxylic acids is 2. The molecule has 3 nitrogen and oxygen atoms in total. The van der Waals surface area contributed by atoms with Crippen LogP contribution in [-0.4, -0.2) is 16.7 Å². The van der Waals surface area contributed by atoms with Crippen LogP contribution in [0, 0.1) is 0 Å². The van der Waals surface area contributed by atoms with Gasteiger partial charge in [0.25, 0.3) is 0 Å². The van der Waals surface area contributed by atoms with E-state index in [-0.39, 0.29) is 11.8 Å². The molecule has 0 unspecified atom stereocenters. The van der Waals surface area contributed by atoms with E-state index >= 15 is 0 Å². The van der Waals surface area contributed by atoms with Crippen LogP contribution >= 0.6 is 0 Å². The molecule has 0 bridgehead atoms. The number of nitrogens with zero attached hydrogens (tertiary/aromatic N) is 1. The molecule has 82 valence electrons. The van der Waals surface area contributed by atoms with Gasteiger partial charge >= 0.3 is 0 Å². The number of hydrogen-bond acceptors (Lipinski definition) is 2. The molecule has 0 aromatic heterocycles. The summed E-state index contributed by atoms with van der Waals surface area (Å²) in [6, 6.07) is 7.67. The number of rotatable bonds is 3. The van der Waals surface area contributed by atoms with Crippen molar-refractivity contribution in [3.8, 4) is 0 Å². The number of benzene rings is 1. The largest absolute Gasteiger partial charge is 0.278 e. The van der Waals surface area contributed by atoms with E-state index in [1.165, 1.54) is 4.90 Å². The Bertz CT molecular complexity index is 418. The van der Waals surface area contributed by atoms with E-state index in [9.17, 15) is 9.59 Å². The fraction of sp³-hybridized carbons (Fsp3) is 0.231. The van der Waals surface area contributed by atoms with Crippen molar-refractivity contribution in [3.63, 3.8) is 0 Å². The SMILES string of the molecule is C=Cc1ccc(CN2C(=O)CCC2=O)cc1. The molecule has 1 aliphatic heterocycles. The Morgan fingerprint density at radius 1 is 1.12 bits per heavy atom. The minimum atomic E-state index is -0.0715. The number of hydrogen-bond donors (Lipinski definition) is 0. The first-order valence-corrected chi connectivity index (χ1v) is 5.25. The van der Waals surface area contributed by atoms with Crippen molar-refractivity contribution < 1.29 is 9.59 Å². The molecule has 2 rings (SSSR count). The Balaban J connectivity index is 2.11. The van der Waals surface area contributed by atoms with Crippen molar-refractivity contribution in [3.05, 3.63) is 42.0 Å². The molecule has 3 heteroatoms. The molecule has 1 saturated heterocycles. The lowest BCUT2D eigenvalue weighted by molar-refractivity contribution is -0.139. The highest BCUT2D eigenvalue weighted by molar-refractivity contribution is 6.01. The molecule has 1 aromatic carbocycles. The summed E-state index contributed by atoms with van der Waals surface area (Å²) in [7, 11) is 0. The Labute approximate surface area is 94.4 Å². The molecular formula is C13H13NO2. The number of carbonyl (C=O) groups is 2. The van der Waals surface area contributed by atoms with Gasteiger partial charge in [-0.1, -0.05) is 36.9 Å². The second kappa shape index (κ2) is 4.31. The molecule has 1 aromatic rings. The van der Waals surface area contributed by atoms with Crippen molar-refractivity contribution in [1.82, 2.24) is 4.90 Å². The van der Waals surface area contributed by atoms with E-state index < -0.39 is 0 Å². The van der Waals surface area contributed by atoms with Crippen molar-refractivity contribution in [1.29, 1.82) is 0 Å². The second-order valence-corrected chi connectivity index (χ2v) is 3.82. The first-order valence-electron chi connectivity index (χ1n) is 5.25. The van der Waals surface area contributed by atoms with Gasteiger partial charge in [0.05, 0.1) is 6.54 Å². The highest BCUT2D eigenvalue weighted by atomic mass is 16.2. The summed E-state index contributed by atoms with van der Waals surface area (Å²) in [6.07, 6.45) is 2.46. The number of imide groups is 1. The molecule has 0 spiro atoms. The molecule has 2 amide bonds. The van der Waals surface area contributed by atoms with Crippen LogP contribution in [0.1, 0.15) is 24.0 Å². The molecule has 0 aliphatic carbocycles. The van der Waals surface area contributed by atoms with Crippen LogP contribution in [0.3, 0.4) is 0 Å². The lowest BCUT2D eigenvalue weighted by atomic mass is 10.1. The van der Waals surface area contributed by atoms with Crippen LogP contribution in [0.4, 0.5) is 0 Å². The molecule has 0 N–H and O–H groups in total. The Kier molecular flexibility index (Phi) is 2.86. The van der Waals surface area contributed by atoms with E-state index in [1.54, 1.807) is 6.08 Å². The third-order valence-corrected chi connectivity index (χ3v) is 2.71. The van der Waals surface area contributed by atoms with Gasteiger partial charge in [-0.2, -0.15) is 0 Å². The van der Waals surface area contributed by atoms with Crippen LogP contribution < -0.4 is 0 Å². The summed E-state index contributed by atoms with van der Waals surface area (Å²) in [5.41, 5.74) is 2.00. The van der Waals surface area contributed by atoms with Gasteiger partial charge in [0, 0.05) is 12.8 Å². The molecule has 0 saturated carbocycles. The van der Waals surface area contributed by atoms with Gasteiger partial charge in [-0.3, -0.25) is 14.5 Å². The molecule has 1 fully saturated rings. The highest BCUT2D eigenvalue weighted by Crippen LogP contribution is 2.16. The summed E-state index contributed by atoms with van der Waals surface area (Å²) in [5, 5.41) is 0. The van der Waals surface area contributed by atoms with Crippen molar-refractivity contribution in [2.45, 2.75) is 19.4 Å². The van der Waals surface area contributed by atoms with Gasteiger partial charge in [0.2, 0.25) is 11.8 Å². The lowest BCUT2D eigenvalue weighted by Gasteiger charge is -2.13. The quantitative estimate of drug-likeness (QED) is 0.723. The molecule has 0 radical (unpaired) electrons. The average Bonchev–Trinajstić information content (AvgIpc) is 2.62. The summed E-state index contributed by atoms with van der Waals surface area (Å²) in [4.78, 5) is 24.1. The molecule has 16 heavy (non-hydrogen) atoms. The van der Waals surface area contributed by atoms with Crippen molar-refractivity contribution >= 4 is 17.9 Å². The number of likely N-dealkylation sites (tertiary alicyclic amines) is 1. The topological polar surface area (TPSA) is 37.4 Å². The monoisotopic (exact) mass is 215 g/mol. The van der Waals surface area contributed by atoms with Gasteiger partial charge in [0.1, 0.15) is 0 Å². The van der Waals surface area contributed by atoms with Crippen LogP contribution in [0.5, 0.6) is 0 Å². The zero-order valence-corrected chi connectivity index (χ0v) is 8.98. The fourth-order valence-corrected chi connectivity index (χ4v) is 1.74. The minimum Gasteiger partial charge on any atom is -0.278 e. The molecule has 1 heterocycles. The van der Waals surface area contributed by atoms with E-state index in [0.717, 1.165) is 11.1 Å². The maximum absolute atomic E-state index is 11.4. The van der Waals surface area contributed by atoms with E-state index in [1.807, 2.05) is 24.3 Å². The Hall–Kier alpha value is -1.90. The van der Waals surface area contributed by atoms with Crippen LogP contribution in [-0.2, 0) is 16.1 Å². The van der Waals surface area contributed by atoms with Crippen molar-refractivity contribution in [2.24, 2.45) is 0 Å². The van der Waals surface area contributed by atoms with Gasteiger partial charge in [0.15, 0.2) is 0 Å². The fourth-order valence-electron chi connectivity index (χ4n) is 1.74. The van der Waals surface area contributed by atoms with E-state index in [2.05, 4.69) is 6.58 Å². The Morgan fingerprint density at radius 3 is 2.19 bits per heavy atom. The summed E-state index contributed by atoms with van der Waals surface area (Å²) in [6.45, 7) is 4.05. The first-order chi connectivity index (χ1) is 7.70. The Morgan fingerprint density at radius 2 is 1.69 bits per heavy atom. The molecule has 1 aliphatic rings. The van der Waals surface area contributed by atoms with Crippen LogP contribution in [0.2, 0.25) is 0 Å². The van der Waals surface area contributed by atoms with Crippen LogP contribution in [0.15, 0.2) is 30.8 Å². The van der Waals surface area contributed by atoms with E-state index in [0.29, 0.717) is 19.4 Å². The van der Waals surface area contributed by atoms with Gasteiger partial charge in [-0.15, -0.1) is 0 Å². The number of amides is 2.